The van der Waals surface area contributed by atoms with E-state index in [1.807, 2.05) is 32.0 Å². The average Bonchev–Trinajstić information content (AvgIpc) is 3.14. The Kier molecular flexibility index (Phi) is 2.17. The van der Waals surface area contributed by atoms with Gasteiger partial charge in [0.25, 0.3) is 0 Å². The van der Waals surface area contributed by atoms with Gasteiger partial charge in [-0.05, 0) is 43.9 Å². The van der Waals surface area contributed by atoms with Gasteiger partial charge in [-0.15, -0.1) is 0 Å². The molecule has 0 spiro atoms. The third kappa shape index (κ3) is 1.40. The summed E-state index contributed by atoms with van der Waals surface area (Å²) in [6.07, 6.45) is 1.37. The molecule has 2 aliphatic rings. The first kappa shape index (κ1) is 12.2. The predicted octanol–water partition coefficient (Wildman–Crippen LogP) is 2.06. The smallest absolute Gasteiger partial charge is 0.314 e. The van der Waals surface area contributed by atoms with Crippen LogP contribution in [-0.4, -0.2) is 24.0 Å². The number of fused-ring (bicyclic) bond motifs is 1. The lowest BCUT2D eigenvalue weighted by Crippen LogP contribution is -2.33. The molecule has 0 radical (unpaired) electrons. The number of carboxylic acids is 1. The van der Waals surface area contributed by atoms with Gasteiger partial charge >= 0.3 is 5.97 Å². The van der Waals surface area contributed by atoms with Gasteiger partial charge < -0.3 is 10.0 Å². The van der Waals surface area contributed by atoms with Crippen LogP contribution in [-0.2, 0) is 20.4 Å². The third-order valence-electron chi connectivity index (χ3n) is 4.58. The lowest BCUT2D eigenvalue weighted by molar-refractivity contribution is -0.140. The van der Waals surface area contributed by atoms with Gasteiger partial charge in [0.15, 0.2) is 0 Å². The first-order chi connectivity index (χ1) is 8.80. The largest absolute Gasteiger partial charge is 0.481 e. The van der Waals surface area contributed by atoms with Gasteiger partial charge in [-0.2, -0.15) is 0 Å². The number of anilines is 1. The van der Waals surface area contributed by atoms with Gasteiger partial charge in [0, 0.05) is 12.7 Å². The highest BCUT2D eigenvalue weighted by atomic mass is 16.4. The van der Waals surface area contributed by atoms with E-state index in [1.165, 1.54) is 0 Å². The SMILES string of the molecule is CN1C(=O)C(C)(C)c2cc(C3(C(=O)O)CC3)ccc21. The lowest BCUT2D eigenvalue weighted by Gasteiger charge is -2.18. The van der Waals surface area contributed by atoms with Crippen molar-refractivity contribution in [2.45, 2.75) is 37.5 Å². The fraction of sp³-hybridized carbons (Fsp3) is 0.467. The van der Waals surface area contributed by atoms with Crippen LogP contribution in [0.3, 0.4) is 0 Å². The number of hydrogen-bond acceptors (Lipinski definition) is 2. The number of rotatable bonds is 2. The Hall–Kier alpha value is -1.84. The van der Waals surface area contributed by atoms with Crippen molar-refractivity contribution in [1.29, 1.82) is 0 Å². The fourth-order valence-electron chi connectivity index (χ4n) is 3.02. The zero-order valence-corrected chi connectivity index (χ0v) is 11.4. The first-order valence-electron chi connectivity index (χ1n) is 6.47. The second-order valence-electron chi connectivity index (χ2n) is 6.11. The van der Waals surface area contributed by atoms with Crippen LogP contribution in [0.25, 0.3) is 0 Å². The number of carboxylic acid groups (broad SMARTS) is 1. The number of benzene rings is 1. The molecule has 19 heavy (non-hydrogen) atoms. The molecule has 1 amide bonds. The van der Waals surface area contributed by atoms with E-state index in [1.54, 1.807) is 11.9 Å². The number of aliphatic carboxylic acids is 1. The molecule has 0 unspecified atom stereocenters. The Morgan fingerprint density at radius 2 is 1.95 bits per heavy atom. The number of amides is 1. The van der Waals surface area contributed by atoms with Crippen LogP contribution < -0.4 is 4.90 Å². The zero-order chi connectivity index (χ0) is 14.0. The van der Waals surface area contributed by atoms with E-state index in [-0.39, 0.29) is 5.91 Å². The number of hydrogen-bond donors (Lipinski definition) is 1. The highest BCUT2D eigenvalue weighted by molar-refractivity contribution is 6.07. The second kappa shape index (κ2) is 3.38. The van der Waals surface area contributed by atoms with Crippen LogP contribution in [0.4, 0.5) is 5.69 Å². The summed E-state index contributed by atoms with van der Waals surface area (Å²) in [5, 5.41) is 9.36. The topological polar surface area (TPSA) is 57.6 Å². The van der Waals surface area contributed by atoms with Crippen molar-refractivity contribution in [1.82, 2.24) is 0 Å². The Balaban J connectivity index is 2.14. The molecule has 0 atom stereocenters. The van der Waals surface area contributed by atoms with E-state index in [2.05, 4.69) is 0 Å². The Morgan fingerprint density at radius 1 is 1.32 bits per heavy atom. The Morgan fingerprint density at radius 3 is 2.47 bits per heavy atom. The van der Waals surface area contributed by atoms with Crippen LogP contribution >= 0.6 is 0 Å². The first-order valence-corrected chi connectivity index (χ1v) is 6.47. The second-order valence-corrected chi connectivity index (χ2v) is 6.11. The number of carbonyl (C=O) groups is 2. The molecular weight excluding hydrogens is 242 g/mol. The standard InChI is InChI=1S/C15H17NO3/c1-14(2)10-8-9(15(6-7-15)13(18)19)4-5-11(10)16(3)12(14)17/h4-5,8H,6-7H2,1-3H3,(H,18,19). The summed E-state index contributed by atoms with van der Waals surface area (Å²) in [5.41, 5.74) is 1.36. The maximum absolute atomic E-state index is 12.2. The van der Waals surface area contributed by atoms with E-state index in [4.69, 9.17) is 0 Å². The molecule has 1 aromatic carbocycles. The summed E-state index contributed by atoms with van der Waals surface area (Å²) in [5.74, 6) is -0.706. The zero-order valence-electron chi connectivity index (χ0n) is 11.4. The molecule has 100 valence electrons. The van der Waals surface area contributed by atoms with E-state index < -0.39 is 16.8 Å². The summed E-state index contributed by atoms with van der Waals surface area (Å²) in [7, 11) is 1.76. The van der Waals surface area contributed by atoms with E-state index >= 15 is 0 Å². The maximum atomic E-state index is 12.2. The van der Waals surface area contributed by atoms with Gasteiger partial charge in [0.2, 0.25) is 5.91 Å². The highest BCUT2D eigenvalue weighted by Gasteiger charge is 2.53. The van der Waals surface area contributed by atoms with Crippen molar-refractivity contribution in [2.75, 3.05) is 11.9 Å². The number of likely N-dealkylation sites (N-methyl/N-ethyl adjacent to an activating group) is 1. The minimum Gasteiger partial charge on any atom is -0.481 e. The quantitative estimate of drug-likeness (QED) is 0.884. The fourth-order valence-corrected chi connectivity index (χ4v) is 3.02. The molecule has 1 saturated carbocycles. The third-order valence-corrected chi connectivity index (χ3v) is 4.58. The molecule has 1 aliphatic carbocycles. The van der Waals surface area contributed by atoms with E-state index in [9.17, 15) is 14.7 Å². The van der Waals surface area contributed by atoms with Crippen molar-refractivity contribution in [2.24, 2.45) is 0 Å². The van der Waals surface area contributed by atoms with Crippen LogP contribution in [0.1, 0.15) is 37.8 Å². The summed E-state index contributed by atoms with van der Waals surface area (Å²) in [6.45, 7) is 3.78. The summed E-state index contributed by atoms with van der Waals surface area (Å²) in [6, 6.07) is 5.64. The molecule has 1 fully saturated rings. The summed E-state index contributed by atoms with van der Waals surface area (Å²) >= 11 is 0. The molecule has 1 N–H and O–H groups in total. The highest BCUT2D eigenvalue weighted by Crippen LogP contribution is 2.51. The monoisotopic (exact) mass is 259 g/mol. The molecule has 3 rings (SSSR count). The van der Waals surface area contributed by atoms with E-state index in [0.29, 0.717) is 12.8 Å². The number of nitrogens with zero attached hydrogens (tertiary/aromatic N) is 1. The van der Waals surface area contributed by atoms with Gasteiger partial charge in [-0.3, -0.25) is 9.59 Å². The van der Waals surface area contributed by atoms with E-state index in [0.717, 1.165) is 16.8 Å². The van der Waals surface area contributed by atoms with Crippen LogP contribution in [0.2, 0.25) is 0 Å². The molecule has 1 aromatic rings. The Labute approximate surface area is 112 Å². The van der Waals surface area contributed by atoms with Crippen LogP contribution in [0, 0.1) is 0 Å². The minimum absolute atomic E-state index is 0.0554. The van der Waals surface area contributed by atoms with Crippen molar-refractivity contribution in [3.05, 3.63) is 29.3 Å². The molecule has 0 bridgehead atoms. The summed E-state index contributed by atoms with van der Waals surface area (Å²) < 4.78 is 0. The number of carbonyl (C=O) groups excluding carboxylic acids is 1. The predicted molar refractivity (Wildman–Crippen MR) is 71.4 cm³/mol. The summed E-state index contributed by atoms with van der Waals surface area (Å²) in [4.78, 5) is 25.3. The minimum atomic E-state index is -0.761. The molecule has 0 aromatic heterocycles. The lowest BCUT2D eigenvalue weighted by atomic mass is 9.83. The van der Waals surface area contributed by atoms with Crippen molar-refractivity contribution in [3.8, 4) is 0 Å². The van der Waals surface area contributed by atoms with Gasteiger partial charge in [0.05, 0.1) is 10.8 Å². The maximum Gasteiger partial charge on any atom is 0.314 e. The average molecular weight is 259 g/mol. The van der Waals surface area contributed by atoms with Gasteiger partial charge in [-0.1, -0.05) is 12.1 Å². The molecular formula is C15H17NO3. The van der Waals surface area contributed by atoms with Crippen molar-refractivity contribution < 1.29 is 14.7 Å². The van der Waals surface area contributed by atoms with Crippen LogP contribution in [0.15, 0.2) is 18.2 Å². The molecule has 4 nitrogen and oxygen atoms in total. The van der Waals surface area contributed by atoms with Gasteiger partial charge in [-0.25, -0.2) is 0 Å². The molecule has 1 heterocycles. The molecule has 0 saturated heterocycles. The Bertz CT molecular complexity index is 599. The van der Waals surface area contributed by atoms with Gasteiger partial charge in [0.1, 0.15) is 0 Å². The van der Waals surface area contributed by atoms with Crippen LogP contribution in [0.5, 0.6) is 0 Å². The molecule has 1 aliphatic heterocycles. The van der Waals surface area contributed by atoms with Crippen molar-refractivity contribution >= 4 is 17.6 Å². The normalized spacial score (nSPS) is 22.3. The van der Waals surface area contributed by atoms with Crippen molar-refractivity contribution in [3.63, 3.8) is 0 Å². The molecule has 4 heteroatoms.